The molecule has 0 aromatic rings. The molecule has 3 aliphatic carbocycles. The lowest BCUT2D eigenvalue weighted by atomic mass is 9.66. The normalized spacial score (nSPS) is 37.0. The van der Waals surface area contributed by atoms with Gasteiger partial charge in [-0.05, 0) is 64.7 Å². The Kier molecular flexibility index (Phi) is 6.17. The number of fused-ring (bicyclic) bond motifs is 2. The van der Waals surface area contributed by atoms with E-state index in [4.69, 9.17) is 24.0 Å². The number of carbonyl (C=O) groups is 2. The van der Waals surface area contributed by atoms with Gasteiger partial charge in [0.25, 0.3) is 0 Å². The van der Waals surface area contributed by atoms with Crippen molar-refractivity contribution in [2.75, 3.05) is 13.2 Å². The molecule has 7 nitrogen and oxygen atoms in total. The van der Waals surface area contributed by atoms with Gasteiger partial charge < -0.3 is 14.2 Å². The van der Waals surface area contributed by atoms with Gasteiger partial charge in [0, 0.05) is 18.8 Å². The minimum atomic E-state index is -1.29. The largest absolute Gasteiger partial charge is 0.465 e. The molecule has 1 aliphatic heterocycles. The topological polar surface area (TPSA) is 80.3 Å². The third-order valence-corrected chi connectivity index (χ3v) is 7.81. The SMILES string of the molecule is CCOC(=O)C1(C(=O)OCC)CCC2(CC1)OO[C@@](C)(C1CC3CCCC(C3)C1)O2. The second-order valence-corrected chi connectivity index (χ2v) is 9.79. The van der Waals surface area contributed by atoms with Gasteiger partial charge in [0.05, 0.1) is 13.2 Å². The van der Waals surface area contributed by atoms with Crippen molar-refractivity contribution in [2.45, 2.75) is 96.6 Å². The average molecular weight is 425 g/mol. The minimum Gasteiger partial charge on any atom is -0.465 e. The molecule has 0 aromatic carbocycles. The highest BCUT2D eigenvalue weighted by Crippen LogP contribution is 2.54. The van der Waals surface area contributed by atoms with Crippen molar-refractivity contribution in [3.63, 3.8) is 0 Å². The van der Waals surface area contributed by atoms with Gasteiger partial charge in [0.1, 0.15) is 0 Å². The Morgan fingerprint density at radius 2 is 1.43 bits per heavy atom. The molecule has 4 aliphatic rings. The van der Waals surface area contributed by atoms with E-state index in [0.717, 1.165) is 24.7 Å². The zero-order valence-electron chi connectivity index (χ0n) is 18.6. The summed E-state index contributed by atoms with van der Waals surface area (Å²) in [5.74, 6) is -0.890. The summed E-state index contributed by atoms with van der Waals surface area (Å²) in [5, 5.41) is 0. The van der Waals surface area contributed by atoms with Crippen molar-refractivity contribution in [3.8, 4) is 0 Å². The van der Waals surface area contributed by atoms with E-state index in [1.165, 1.54) is 25.7 Å². The molecule has 3 atom stereocenters. The van der Waals surface area contributed by atoms with E-state index < -0.39 is 28.9 Å². The van der Waals surface area contributed by atoms with Crippen molar-refractivity contribution in [3.05, 3.63) is 0 Å². The molecule has 0 aromatic heterocycles. The molecule has 3 saturated carbocycles. The Labute approximate surface area is 179 Å². The fourth-order valence-corrected chi connectivity index (χ4v) is 6.15. The molecule has 170 valence electrons. The Balaban J connectivity index is 1.44. The summed E-state index contributed by atoms with van der Waals surface area (Å²) in [6.07, 6.45) is 8.81. The first-order valence-corrected chi connectivity index (χ1v) is 11.8. The van der Waals surface area contributed by atoms with Crippen LogP contribution in [-0.4, -0.2) is 36.7 Å². The van der Waals surface area contributed by atoms with Gasteiger partial charge in [-0.2, -0.15) is 9.78 Å². The third kappa shape index (κ3) is 3.89. The first kappa shape index (κ1) is 22.0. The highest BCUT2D eigenvalue weighted by Gasteiger charge is 2.61. The molecule has 4 rings (SSSR count). The van der Waals surface area contributed by atoms with Crippen LogP contribution in [0.25, 0.3) is 0 Å². The maximum absolute atomic E-state index is 12.7. The summed E-state index contributed by atoms with van der Waals surface area (Å²) in [6, 6.07) is 0. The number of ether oxygens (including phenoxy) is 3. The Bertz CT molecular complexity index is 622. The predicted octanol–water partition coefficient (Wildman–Crippen LogP) is 4.28. The molecular weight excluding hydrogens is 388 g/mol. The Morgan fingerprint density at radius 3 is 1.97 bits per heavy atom. The van der Waals surface area contributed by atoms with Crippen LogP contribution in [0.2, 0.25) is 0 Å². The summed E-state index contributed by atoms with van der Waals surface area (Å²) < 4.78 is 17.0. The maximum Gasteiger partial charge on any atom is 0.323 e. The summed E-state index contributed by atoms with van der Waals surface area (Å²) >= 11 is 0. The summed E-state index contributed by atoms with van der Waals surface area (Å²) in [6.45, 7) is 5.92. The van der Waals surface area contributed by atoms with Crippen molar-refractivity contribution in [1.82, 2.24) is 0 Å². The molecule has 0 amide bonds. The Hall–Kier alpha value is -1.18. The fourth-order valence-electron chi connectivity index (χ4n) is 6.15. The molecule has 0 N–H and O–H groups in total. The van der Waals surface area contributed by atoms with Gasteiger partial charge in [0.2, 0.25) is 11.6 Å². The number of carbonyl (C=O) groups excluding carboxylic acids is 2. The van der Waals surface area contributed by atoms with E-state index in [2.05, 4.69) is 0 Å². The van der Waals surface area contributed by atoms with Crippen molar-refractivity contribution < 1.29 is 33.6 Å². The first-order valence-electron chi connectivity index (χ1n) is 11.8. The molecular formula is C23H36O7. The van der Waals surface area contributed by atoms with Crippen LogP contribution in [0.3, 0.4) is 0 Å². The minimum absolute atomic E-state index is 0.226. The zero-order chi connectivity index (χ0) is 21.4. The van der Waals surface area contributed by atoms with Crippen LogP contribution in [-0.2, 0) is 33.6 Å². The molecule has 4 fully saturated rings. The zero-order valence-corrected chi connectivity index (χ0v) is 18.6. The second-order valence-electron chi connectivity index (χ2n) is 9.79. The molecule has 1 spiro atoms. The van der Waals surface area contributed by atoms with Crippen molar-refractivity contribution in [2.24, 2.45) is 23.2 Å². The quantitative estimate of drug-likeness (QED) is 0.370. The fraction of sp³-hybridized carbons (Fsp3) is 0.913. The molecule has 7 heteroatoms. The molecule has 2 unspecified atom stereocenters. The van der Waals surface area contributed by atoms with E-state index in [9.17, 15) is 9.59 Å². The van der Waals surface area contributed by atoms with Gasteiger partial charge >= 0.3 is 11.9 Å². The number of hydrogen-bond donors (Lipinski definition) is 0. The van der Waals surface area contributed by atoms with Gasteiger partial charge in [0.15, 0.2) is 5.41 Å². The molecule has 2 bridgehead atoms. The highest BCUT2D eigenvalue weighted by molar-refractivity contribution is 6.00. The van der Waals surface area contributed by atoms with Crippen molar-refractivity contribution in [1.29, 1.82) is 0 Å². The lowest BCUT2D eigenvalue weighted by molar-refractivity contribution is -0.362. The van der Waals surface area contributed by atoms with E-state index >= 15 is 0 Å². The lowest BCUT2D eigenvalue weighted by Crippen LogP contribution is -2.51. The molecule has 1 saturated heterocycles. The van der Waals surface area contributed by atoms with Gasteiger partial charge in [-0.1, -0.05) is 19.3 Å². The van der Waals surface area contributed by atoms with Crippen LogP contribution in [0, 0.1) is 23.2 Å². The van der Waals surface area contributed by atoms with E-state index in [1.54, 1.807) is 13.8 Å². The van der Waals surface area contributed by atoms with Crippen LogP contribution in [0.1, 0.15) is 85.0 Å². The maximum atomic E-state index is 12.7. The standard InChI is InChI=1S/C23H36O7/c1-4-26-19(24)22(20(25)27-5-2)9-11-23(12-10-22)28-21(3,29-30-23)18-14-16-7-6-8-17(13-16)15-18/h16-18H,4-15H2,1-3H3/t16?,17?,18?,21-/m0/s1. The summed E-state index contributed by atoms with van der Waals surface area (Å²) in [5.41, 5.74) is -1.29. The predicted molar refractivity (Wildman–Crippen MR) is 107 cm³/mol. The van der Waals surface area contributed by atoms with E-state index in [-0.39, 0.29) is 26.1 Å². The van der Waals surface area contributed by atoms with Gasteiger partial charge in [-0.3, -0.25) is 9.59 Å². The van der Waals surface area contributed by atoms with Crippen LogP contribution in [0.15, 0.2) is 0 Å². The molecule has 0 radical (unpaired) electrons. The van der Waals surface area contributed by atoms with E-state index in [1.807, 2.05) is 6.92 Å². The number of rotatable bonds is 5. The molecule has 30 heavy (non-hydrogen) atoms. The first-order chi connectivity index (χ1) is 14.3. The Morgan fingerprint density at radius 1 is 0.867 bits per heavy atom. The average Bonchev–Trinajstić information content (AvgIpc) is 3.06. The van der Waals surface area contributed by atoms with Gasteiger partial charge in [-0.15, -0.1) is 0 Å². The van der Waals surface area contributed by atoms with Gasteiger partial charge in [-0.25, -0.2) is 0 Å². The van der Waals surface area contributed by atoms with Crippen LogP contribution < -0.4 is 0 Å². The van der Waals surface area contributed by atoms with Crippen LogP contribution >= 0.6 is 0 Å². The van der Waals surface area contributed by atoms with Crippen molar-refractivity contribution >= 4 is 11.9 Å². The van der Waals surface area contributed by atoms with Crippen LogP contribution in [0.4, 0.5) is 0 Å². The third-order valence-electron chi connectivity index (χ3n) is 7.81. The second kappa shape index (κ2) is 8.40. The number of hydrogen-bond acceptors (Lipinski definition) is 7. The van der Waals surface area contributed by atoms with E-state index in [0.29, 0.717) is 18.8 Å². The summed E-state index contributed by atoms with van der Waals surface area (Å²) in [7, 11) is 0. The number of esters is 2. The molecule has 1 heterocycles. The lowest BCUT2D eigenvalue weighted by Gasteiger charge is -2.44. The monoisotopic (exact) mass is 424 g/mol. The highest BCUT2D eigenvalue weighted by atomic mass is 17.3. The smallest absolute Gasteiger partial charge is 0.323 e. The van der Waals surface area contributed by atoms with Crippen LogP contribution in [0.5, 0.6) is 0 Å². The summed E-state index contributed by atoms with van der Waals surface area (Å²) in [4.78, 5) is 37.1.